The predicted octanol–water partition coefficient (Wildman–Crippen LogP) is 5.48. The van der Waals surface area contributed by atoms with E-state index in [2.05, 4.69) is 16.0 Å². The van der Waals surface area contributed by atoms with Crippen molar-refractivity contribution in [1.82, 2.24) is 20.6 Å². The molecule has 0 fully saturated rings. The van der Waals surface area contributed by atoms with E-state index in [1.165, 1.54) is 12.3 Å². The summed E-state index contributed by atoms with van der Waals surface area (Å²) in [4.78, 5) is 24.9. The van der Waals surface area contributed by atoms with E-state index in [0.29, 0.717) is 32.0 Å². The molecule has 2 N–H and O–H groups in total. The third-order valence-corrected chi connectivity index (χ3v) is 5.42. The molecule has 162 valence electrons. The first-order chi connectivity index (χ1) is 15.3. The summed E-state index contributed by atoms with van der Waals surface area (Å²) in [5.41, 5.74) is 7.26. The highest BCUT2D eigenvalue weighted by Crippen LogP contribution is 2.33. The van der Waals surface area contributed by atoms with E-state index in [0.717, 1.165) is 5.56 Å². The van der Waals surface area contributed by atoms with Crippen LogP contribution in [0.5, 0.6) is 0 Å². The Hall–Kier alpha value is -3.26. The van der Waals surface area contributed by atoms with E-state index in [-0.39, 0.29) is 11.5 Å². The summed E-state index contributed by atoms with van der Waals surface area (Å²) < 4.78 is 6.57. The number of hydrogen-bond acceptors (Lipinski definition) is 4. The van der Waals surface area contributed by atoms with E-state index >= 15 is 0 Å². The van der Waals surface area contributed by atoms with Gasteiger partial charge in [0.25, 0.3) is 5.91 Å². The zero-order valence-electron chi connectivity index (χ0n) is 16.5. The van der Waals surface area contributed by atoms with E-state index in [1.54, 1.807) is 48.0 Å². The lowest BCUT2D eigenvalue weighted by Gasteiger charge is -2.11. The molecule has 4 rings (SSSR count). The smallest absolute Gasteiger partial charge is 0.305 e. The second-order valence-electron chi connectivity index (χ2n) is 6.72. The lowest BCUT2D eigenvalue weighted by Crippen LogP contribution is -2.41. The minimum absolute atomic E-state index is 0.0577. The monoisotopic (exact) mass is 488 g/mol. The maximum atomic E-state index is 12.9. The van der Waals surface area contributed by atoms with Crippen LogP contribution in [-0.4, -0.2) is 21.6 Å². The molecule has 0 saturated heterocycles. The van der Waals surface area contributed by atoms with Crippen LogP contribution in [0.2, 0.25) is 15.1 Å². The standard InChI is InChI=1S/C22H15Cl3N4O3/c1-12-19(22(31)27-26-21(30)18-3-2-10-32-18)28-29(17-9-8-15(24)11-16(17)25)20(12)13-4-6-14(23)7-5-13/h2-11H,1H3,(H,26,30)(H,27,31). The predicted molar refractivity (Wildman–Crippen MR) is 122 cm³/mol. The number of rotatable bonds is 4. The SMILES string of the molecule is Cc1c(C(=O)NNC(=O)c2ccco2)nn(-c2ccc(Cl)cc2Cl)c1-c1ccc(Cl)cc1. The van der Waals surface area contributed by atoms with Gasteiger partial charge in [0.15, 0.2) is 11.5 Å². The van der Waals surface area contributed by atoms with Crippen LogP contribution >= 0.6 is 34.8 Å². The summed E-state index contributed by atoms with van der Waals surface area (Å²) in [7, 11) is 0. The number of nitrogens with zero attached hydrogens (tertiary/aromatic N) is 2. The third kappa shape index (κ3) is 4.36. The van der Waals surface area contributed by atoms with Crippen LogP contribution in [0.4, 0.5) is 0 Å². The van der Waals surface area contributed by atoms with Gasteiger partial charge in [0.1, 0.15) is 0 Å². The van der Waals surface area contributed by atoms with Crippen LogP contribution in [0, 0.1) is 6.92 Å². The van der Waals surface area contributed by atoms with Crippen LogP contribution in [-0.2, 0) is 0 Å². The summed E-state index contributed by atoms with van der Waals surface area (Å²) in [6.07, 6.45) is 1.36. The van der Waals surface area contributed by atoms with E-state index in [9.17, 15) is 9.59 Å². The summed E-state index contributed by atoms with van der Waals surface area (Å²) in [5, 5.41) is 5.87. The maximum absolute atomic E-state index is 12.9. The first kappa shape index (κ1) is 22.0. The minimum Gasteiger partial charge on any atom is -0.459 e. The molecule has 0 aliphatic rings. The van der Waals surface area contributed by atoms with Crippen LogP contribution in [0.1, 0.15) is 26.6 Å². The van der Waals surface area contributed by atoms with Crippen LogP contribution in [0.25, 0.3) is 16.9 Å². The Morgan fingerprint density at radius 1 is 0.938 bits per heavy atom. The first-order valence-electron chi connectivity index (χ1n) is 9.30. The molecule has 2 aromatic carbocycles. The fourth-order valence-electron chi connectivity index (χ4n) is 3.13. The van der Waals surface area contributed by atoms with Crippen molar-refractivity contribution in [2.75, 3.05) is 0 Å². The largest absolute Gasteiger partial charge is 0.459 e. The third-order valence-electron chi connectivity index (χ3n) is 4.63. The normalized spacial score (nSPS) is 10.8. The zero-order chi connectivity index (χ0) is 22.8. The second kappa shape index (κ2) is 9.08. The number of hydrogen-bond donors (Lipinski definition) is 2. The molecule has 0 unspecified atom stereocenters. The molecule has 2 heterocycles. The summed E-state index contributed by atoms with van der Waals surface area (Å²) in [6.45, 7) is 1.75. The topological polar surface area (TPSA) is 89.2 Å². The van der Waals surface area contributed by atoms with E-state index < -0.39 is 11.8 Å². The van der Waals surface area contributed by atoms with Gasteiger partial charge in [-0.05, 0) is 49.4 Å². The molecule has 10 heteroatoms. The van der Waals surface area contributed by atoms with Gasteiger partial charge >= 0.3 is 5.91 Å². The Labute approximate surface area is 197 Å². The number of furan rings is 1. The molecule has 0 atom stereocenters. The molecule has 0 bridgehead atoms. The van der Waals surface area contributed by atoms with Gasteiger partial charge in [0.2, 0.25) is 0 Å². The molecule has 0 aliphatic heterocycles. The number of aromatic nitrogens is 2. The number of halogens is 3. The zero-order valence-corrected chi connectivity index (χ0v) is 18.8. The van der Waals surface area contributed by atoms with Gasteiger partial charge < -0.3 is 4.42 Å². The van der Waals surface area contributed by atoms with Crippen molar-refractivity contribution in [3.8, 4) is 16.9 Å². The molecule has 0 spiro atoms. The lowest BCUT2D eigenvalue weighted by atomic mass is 10.1. The molecule has 4 aromatic rings. The van der Waals surface area contributed by atoms with Crippen molar-refractivity contribution in [3.63, 3.8) is 0 Å². The molecule has 0 radical (unpaired) electrons. The second-order valence-corrected chi connectivity index (χ2v) is 8.00. The molecular formula is C22H15Cl3N4O3. The van der Waals surface area contributed by atoms with Crippen molar-refractivity contribution in [2.45, 2.75) is 6.92 Å². The number of nitrogens with one attached hydrogen (secondary N) is 2. The Balaban J connectivity index is 1.74. The van der Waals surface area contributed by atoms with Gasteiger partial charge in [-0.3, -0.25) is 20.4 Å². The van der Waals surface area contributed by atoms with Crippen LogP contribution in [0.15, 0.2) is 65.3 Å². The fourth-order valence-corrected chi connectivity index (χ4v) is 3.74. The van der Waals surface area contributed by atoms with Gasteiger partial charge in [-0.15, -0.1) is 0 Å². The Bertz CT molecular complexity index is 1300. The first-order valence-corrected chi connectivity index (χ1v) is 10.4. The number of carbonyl (C=O) groups excluding carboxylic acids is 2. The van der Waals surface area contributed by atoms with Crippen molar-refractivity contribution < 1.29 is 14.0 Å². The number of carbonyl (C=O) groups is 2. The molecule has 0 saturated carbocycles. The Kier molecular flexibility index (Phi) is 6.23. The Morgan fingerprint density at radius 2 is 1.62 bits per heavy atom. The molecule has 2 amide bonds. The van der Waals surface area contributed by atoms with Gasteiger partial charge in [0, 0.05) is 21.2 Å². The van der Waals surface area contributed by atoms with Crippen molar-refractivity contribution in [3.05, 3.63) is 92.9 Å². The van der Waals surface area contributed by atoms with Crippen molar-refractivity contribution in [1.29, 1.82) is 0 Å². The van der Waals surface area contributed by atoms with Crippen molar-refractivity contribution >= 4 is 46.6 Å². The quantitative estimate of drug-likeness (QED) is 0.372. The van der Waals surface area contributed by atoms with Crippen LogP contribution in [0.3, 0.4) is 0 Å². The molecule has 0 aliphatic carbocycles. The van der Waals surface area contributed by atoms with Gasteiger partial charge in [-0.2, -0.15) is 5.10 Å². The molecule has 7 nitrogen and oxygen atoms in total. The van der Waals surface area contributed by atoms with Gasteiger partial charge in [-0.1, -0.05) is 46.9 Å². The fraction of sp³-hybridized carbons (Fsp3) is 0.0455. The number of benzene rings is 2. The molecule has 32 heavy (non-hydrogen) atoms. The molecular weight excluding hydrogens is 475 g/mol. The average molecular weight is 490 g/mol. The Morgan fingerprint density at radius 3 is 2.28 bits per heavy atom. The minimum atomic E-state index is -0.610. The van der Waals surface area contributed by atoms with E-state index in [4.69, 9.17) is 39.2 Å². The summed E-state index contributed by atoms with van der Waals surface area (Å²) in [5.74, 6) is -1.15. The highest BCUT2D eigenvalue weighted by Gasteiger charge is 2.24. The highest BCUT2D eigenvalue weighted by molar-refractivity contribution is 6.35. The summed E-state index contributed by atoms with van der Waals surface area (Å²) >= 11 is 18.5. The maximum Gasteiger partial charge on any atom is 0.305 e. The van der Waals surface area contributed by atoms with Crippen molar-refractivity contribution in [2.24, 2.45) is 0 Å². The summed E-state index contributed by atoms with van der Waals surface area (Å²) in [6, 6.07) is 15.1. The highest BCUT2D eigenvalue weighted by atomic mass is 35.5. The van der Waals surface area contributed by atoms with Gasteiger partial charge in [-0.25, -0.2) is 4.68 Å². The number of amides is 2. The van der Waals surface area contributed by atoms with Crippen LogP contribution < -0.4 is 10.9 Å². The van der Waals surface area contributed by atoms with E-state index in [1.807, 2.05) is 12.1 Å². The average Bonchev–Trinajstić information content (AvgIpc) is 3.41. The number of hydrazine groups is 1. The van der Waals surface area contributed by atoms with Gasteiger partial charge in [0.05, 0.1) is 22.7 Å². The molecule has 2 aromatic heterocycles. The lowest BCUT2D eigenvalue weighted by molar-refractivity contribution is 0.0828.